The van der Waals surface area contributed by atoms with Crippen molar-refractivity contribution in [1.82, 2.24) is 15.0 Å². The van der Waals surface area contributed by atoms with Crippen LogP contribution in [-0.2, 0) is 0 Å². The first-order valence-electron chi connectivity index (χ1n) is 6.40. The molecular weight excluding hydrogens is 268 g/mol. The average Bonchev–Trinajstić information content (AvgIpc) is 2.39. The van der Waals surface area contributed by atoms with Crippen molar-refractivity contribution >= 4 is 20.2 Å². The van der Waals surface area contributed by atoms with Gasteiger partial charge in [-0.3, -0.25) is 0 Å². The van der Waals surface area contributed by atoms with Crippen molar-refractivity contribution in [3.8, 4) is 5.75 Å². The fourth-order valence-electron chi connectivity index (χ4n) is 1.62. The highest BCUT2D eigenvalue weighted by Crippen LogP contribution is 2.32. The molecule has 0 aliphatic heterocycles. The van der Waals surface area contributed by atoms with Gasteiger partial charge in [-0.05, 0) is 38.2 Å². The van der Waals surface area contributed by atoms with Gasteiger partial charge in [0, 0.05) is 0 Å². The number of para-hydroxylation sites is 1. The molecule has 0 saturated carbocycles. The molecule has 0 radical (unpaired) electrons. The molecule has 0 bridgehead atoms. The van der Waals surface area contributed by atoms with E-state index in [2.05, 4.69) is 39.6 Å². The van der Waals surface area contributed by atoms with E-state index in [0.717, 1.165) is 17.0 Å². The molecule has 2 rings (SSSR count). The first kappa shape index (κ1) is 14.3. The molecule has 1 aromatic heterocycles. The molecule has 5 nitrogen and oxygen atoms in total. The van der Waals surface area contributed by atoms with Crippen LogP contribution < -0.4 is 4.43 Å². The van der Waals surface area contributed by atoms with Crippen LogP contribution in [0.1, 0.15) is 11.4 Å². The minimum Gasteiger partial charge on any atom is -0.543 e. The van der Waals surface area contributed by atoms with Crippen molar-refractivity contribution in [1.29, 1.82) is 0 Å². The van der Waals surface area contributed by atoms with E-state index in [0.29, 0.717) is 5.82 Å². The van der Waals surface area contributed by atoms with Gasteiger partial charge < -0.3 is 4.43 Å². The number of aliphatic imine (C=N–C) groups is 1. The second-order valence-electron chi connectivity index (χ2n) is 5.39. The van der Waals surface area contributed by atoms with E-state index in [1.54, 1.807) is 6.21 Å². The zero-order valence-electron chi connectivity index (χ0n) is 12.2. The minimum atomic E-state index is -1.68. The van der Waals surface area contributed by atoms with Gasteiger partial charge in [-0.25, -0.2) is 19.9 Å². The smallest absolute Gasteiger partial charge is 0.242 e. The molecule has 1 heterocycles. The number of benzene rings is 1. The third kappa shape index (κ3) is 3.96. The fourth-order valence-corrected chi connectivity index (χ4v) is 2.50. The Kier molecular flexibility index (Phi) is 4.24. The summed E-state index contributed by atoms with van der Waals surface area (Å²) in [6, 6.07) is 5.92. The van der Waals surface area contributed by atoms with Crippen molar-refractivity contribution < 1.29 is 4.43 Å². The number of nitrogens with zero attached hydrogens (tertiary/aromatic N) is 4. The number of rotatable bonds is 4. The Hall–Kier alpha value is -2.08. The van der Waals surface area contributed by atoms with Crippen LogP contribution in [-0.4, -0.2) is 29.5 Å². The van der Waals surface area contributed by atoms with Crippen LogP contribution in [0.2, 0.25) is 19.6 Å². The van der Waals surface area contributed by atoms with Gasteiger partial charge in [-0.1, -0.05) is 12.1 Å². The monoisotopic (exact) mass is 286 g/mol. The highest BCUT2D eigenvalue weighted by atomic mass is 28.4. The quantitative estimate of drug-likeness (QED) is 0.640. The summed E-state index contributed by atoms with van der Waals surface area (Å²) < 4.78 is 6.12. The summed E-state index contributed by atoms with van der Waals surface area (Å²) >= 11 is 0. The molecule has 2 aromatic rings. The average molecular weight is 286 g/mol. The Morgan fingerprint density at radius 1 is 1.15 bits per heavy atom. The topological polar surface area (TPSA) is 60.3 Å². The van der Waals surface area contributed by atoms with E-state index in [1.165, 1.54) is 12.7 Å². The lowest BCUT2D eigenvalue weighted by molar-refractivity contribution is 0.554. The molecule has 0 spiro atoms. The van der Waals surface area contributed by atoms with E-state index in [4.69, 9.17) is 4.43 Å². The third-order valence-corrected chi connectivity index (χ3v) is 3.25. The maximum atomic E-state index is 6.12. The Morgan fingerprint density at radius 3 is 2.50 bits per heavy atom. The fraction of sp³-hybridized carbons (Fsp3) is 0.286. The van der Waals surface area contributed by atoms with Gasteiger partial charge in [0.05, 0.1) is 6.21 Å². The highest BCUT2D eigenvalue weighted by Gasteiger charge is 2.19. The summed E-state index contributed by atoms with van der Waals surface area (Å²) in [5.41, 5.74) is 1.88. The van der Waals surface area contributed by atoms with Crippen LogP contribution in [0, 0.1) is 6.92 Å². The summed E-state index contributed by atoms with van der Waals surface area (Å²) in [5.74, 6) is 1.37. The second kappa shape index (κ2) is 5.92. The summed E-state index contributed by atoms with van der Waals surface area (Å²) in [6.45, 7) is 8.48. The van der Waals surface area contributed by atoms with Gasteiger partial charge in [-0.15, -0.1) is 0 Å². The lowest BCUT2D eigenvalue weighted by Gasteiger charge is -2.22. The van der Waals surface area contributed by atoms with Crippen molar-refractivity contribution in [2.75, 3.05) is 0 Å². The zero-order valence-corrected chi connectivity index (χ0v) is 13.2. The van der Waals surface area contributed by atoms with Crippen LogP contribution >= 0.6 is 0 Å². The summed E-state index contributed by atoms with van der Waals surface area (Å²) in [7, 11) is -1.68. The summed E-state index contributed by atoms with van der Waals surface area (Å²) in [5, 5.41) is 0. The van der Waals surface area contributed by atoms with Crippen molar-refractivity contribution in [3.05, 3.63) is 42.2 Å². The molecule has 0 fully saturated rings. The van der Waals surface area contributed by atoms with Gasteiger partial charge >= 0.3 is 0 Å². The second-order valence-corrected chi connectivity index (χ2v) is 9.82. The summed E-state index contributed by atoms with van der Waals surface area (Å²) in [4.78, 5) is 16.3. The molecule has 0 unspecified atom stereocenters. The normalized spacial score (nSPS) is 11.8. The zero-order chi connectivity index (χ0) is 14.6. The lowest BCUT2D eigenvalue weighted by Crippen LogP contribution is -2.29. The molecule has 0 amide bonds. The minimum absolute atomic E-state index is 0.528. The van der Waals surface area contributed by atoms with Crippen LogP contribution in [0.3, 0.4) is 0 Å². The molecule has 0 aliphatic carbocycles. The molecule has 0 atom stereocenters. The van der Waals surface area contributed by atoms with E-state index >= 15 is 0 Å². The third-order valence-electron chi connectivity index (χ3n) is 2.43. The van der Waals surface area contributed by atoms with Crippen LogP contribution in [0.25, 0.3) is 0 Å². The van der Waals surface area contributed by atoms with Crippen molar-refractivity contribution in [2.45, 2.75) is 26.6 Å². The molecule has 1 aromatic carbocycles. The van der Waals surface area contributed by atoms with E-state index < -0.39 is 8.32 Å². The predicted octanol–water partition coefficient (Wildman–Crippen LogP) is 3.14. The predicted molar refractivity (Wildman–Crippen MR) is 82.2 cm³/mol. The number of hydrogen-bond donors (Lipinski definition) is 0. The highest BCUT2D eigenvalue weighted by molar-refractivity contribution is 6.70. The van der Waals surface area contributed by atoms with E-state index in [1.807, 2.05) is 25.1 Å². The first-order valence-corrected chi connectivity index (χ1v) is 9.81. The molecule has 0 saturated heterocycles. The first-order chi connectivity index (χ1) is 9.46. The standard InChI is InChI=1S/C14H18N4OSi/c1-11-6-5-7-12(14(11)19-20(2,3)4)16-8-13-17-9-15-10-18-13/h5-10H,1-4H3/b16-8+. The van der Waals surface area contributed by atoms with Crippen LogP contribution in [0.15, 0.2) is 35.8 Å². The van der Waals surface area contributed by atoms with Crippen molar-refractivity contribution in [2.24, 2.45) is 4.99 Å². The molecule has 6 heteroatoms. The van der Waals surface area contributed by atoms with E-state index in [-0.39, 0.29) is 0 Å². The lowest BCUT2D eigenvalue weighted by atomic mass is 10.2. The van der Waals surface area contributed by atoms with Gasteiger partial charge in [-0.2, -0.15) is 0 Å². The number of aromatic nitrogens is 3. The Labute approximate surface area is 119 Å². The maximum absolute atomic E-state index is 6.12. The van der Waals surface area contributed by atoms with Gasteiger partial charge in [0.2, 0.25) is 8.32 Å². The van der Waals surface area contributed by atoms with Crippen molar-refractivity contribution in [3.63, 3.8) is 0 Å². The van der Waals surface area contributed by atoms with Gasteiger partial charge in [0.15, 0.2) is 5.82 Å². The molecule has 20 heavy (non-hydrogen) atoms. The van der Waals surface area contributed by atoms with Gasteiger partial charge in [0.1, 0.15) is 24.1 Å². The Balaban J connectivity index is 2.32. The molecule has 0 N–H and O–H groups in total. The Bertz CT molecular complexity index is 608. The van der Waals surface area contributed by atoms with Crippen LogP contribution in [0.5, 0.6) is 5.75 Å². The molecular formula is C14H18N4OSi. The van der Waals surface area contributed by atoms with E-state index in [9.17, 15) is 0 Å². The molecule has 104 valence electrons. The van der Waals surface area contributed by atoms with Gasteiger partial charge in [0.25, 0.3) is 0 Å². The SMILES string of the molecule is Cc1cccc(/N=C/c2ncncn2)c1O[Si](C)(C)C. The maximum Gasteiger partial charge on any atom is 0.242 e. The largest absolute Gasteiger partial charge is 0.543 e. The number of aryl methyl sites for hydroxylation is 1. The molecule has 0 aliphatic rings. The van der Waals surface area contributed by atoms with Crippen LogP contribution in [0.4, 0.5) is 5.69 Å². The summed E-state index contributed by atoms with van der Waals surface area (Å²) in [6.07, 6.45) is 4.52. The Morgan fingerprint density at radius 2 is 1.85 bits per heavy atom. The number of hydrogen-bond acceptors (Lipinski definition) is 5.